The number of H-pyrrole nitrogens is 1. The van der Waals surface area contributed by atoms with Crippen LogP contribution in [0.25, 0.3) is 10.8 Å². The third-order valence-corrected chi connectivity index (χ3v) is 10.2. The highest BCUT2D eigenvalue weighted by Gasteiger charge is 2.30. The SMILES string of the molecule is CC(=O)O[C@H](CNC(=O)c1c[nH]c(=O)c2cc(S(=O)(=O)N3CCC3)ccc12)CN1CCC(Oc2ccc(Cl)c(Cl)c2)CC1. The maximum Gasteiger partial charge on any atom is 0.303 e. The first-order valence-electron chi connectivity index (χ1n) is 14.0. The fourth-order valence-corrected chi connectivity index (χ4v) is 7.02. The van der Waals surface area contributed by atoms with Crippen LogP contribution >= 0.6 is 23.2 Å². The van der Waals surface area contributed by atoms with Crippen molar-refractivity contribution in [1.82, 2.24) is 19.5 Å². The van der Waals surface area contributed by atoms with Gasteiger partial charge in [-0.1, -0.05) is 29.3 Å². The largest absolute Gasteiger partial charge is 0.490 e. The Kier molecular flexibility index (Phi) is 9.62. The Morgan fingerprint density at radius 2 is 1.79 bits per heavy atom. The van der Waals surface area contributed by atoms with Crippen LogP contribution in [0.4, 0.5) is 0 Å². The number of hydrogen-bond acceptors (Lipinski definition) is 8. The lowest BCUT2D eigenvalue weighted by Gasteiger charge is -2.34. The van der Waals surface area contributed by atoms with Gasteiger partial charge in [0.2, 0.25) is 10.0 Å². The number of fused-ring (bicyclic) bond motifs is 1. The second-order valence-corrected chi connectivity index (χ2v) is 13.4. The Morgan fingerprint density at radius 3 is 2.44 bits per heavy atom. The van der Waals surface area contributed by atoms with E-state index >= 15 is 0 Å². The van der Waals surface area contributed by atoms with Crippen molar-refractivity contribution in [1.29, 1.82) is 0 Å². The number of carbonyl (C=O) groups excluding carboxylic acids is 2. The van der Waals surface area contributed by atoms with E-state index in [1.54, 1.807) is 18.2 Å². The molecule has 0 aliphatic carbocycles. The van der Waals surface area contributed by atoms with Crippen LogP contribution in [0.5, 0.6) is 5.75 Å². The van der Waals surface area contributed by atoms with Gasteiger partial charge in [-0.05, 0) is 43.5 Å². The van der Waals surface area contributed by atoms with Gasteiger partial charge in [0.15, 0.2) is 0 Å². The topological polar surface area (TPSA) is 138 Å². The van der Waals surface area contributed by atoms with Gasteiger partial charge < -0.3 is 19.8 Å². The molecule has 230 valence electrons. The number of aromatic amines is 1. The number of benzene rings is 2. The maximum absolute atomic E-state index is 13.2. The van der Waals surface area contributed by atoms with E-state index in [9.17, 15) is 22.8 Å². The van der Waals surface area contributed by atoms with E-state index in [1.807, 2.05) is 0 Å². The van der Waals surface area contributed by atoms with Crippen LogP contribution in [0.15, 0.2) is 52.3 Å². The summed E-state index contributed by atoms with van der Waals surface area (Å²) in [5, 5.41) is 4.10. The summed E-state index contributed by atoms with van der Waals surface area (Å²) >= 11 is 12.1. The van der Waals surface area contributed by atoms with Gasteiger partial charge in [0.1, 0.15) is 18.0 Å². The Labute approximate surface area is 259 Å². The summed E-state index contributed by atoms with van der Waals surface area (Å²) in [6, 6.07) is 9.34. The molecule has 0 radical (unpaired) electrons. The van der Waals surface area contributed by atoms with Gasteiger partial charge in [-0.15, -0.1) is 0 Å². The molecule has 2 saturated heterocycles. The molecule has 5 rings (SSSR count). The van der Waals surface area contributed by atoms with Crippen LogP contribution in [0.1, 0.15) is 36.5 Å². The summed E-state index contributed by atoms with van der Waals surface area (Å²) in [4.78, 5) is 42.3. The van der Waals surface area contributed by atoms with Crippen LogP contribution < -0.4 is 15.6 Å². The van der Waals surface area contributed by atoms with E-state index in [-0.39, 0.29) is 28.5 Å². The number of hydrogen-bond donors (Lipinski definition) is 2. The Morgan fingerprint density at radius 1 is 1.05 bits per heavy atom. The van der Waals surface area contributed by atoms with Crippen LogP contribution in [-0.4, -0.2) is 86.0 Å². The number of pyridine rings is 1. The molecule has 2 aliphatic heterocycles. The highest BCUT2D eigenvalue weighted by atomic mass is 35.5. The normalized spacial score (nSPS) is 17.3. The number of esters is 1. The molecule has 1 atom stereocenters. The minimum atomic E-state index is -3.70. The van der Waals surface area contributed by atoms with Gasteiger partial charge >= 0.3 is 5.97 Å². The monoisotopic (exact) mass is 650 g/mol. The molecule has 11 nitrogen and oxygen atoms in total. The number of carbonyl (C=O) groups is 2. The number of nitrogens with one attached hydrogen (secondary N) is 2. The van der Waals surface area contributed by atoms with Crippen LogP contribution in [-0.2, 0) is 19.6 Å². The first-order valence-corrected chi connectivity index (χ1v) is 16.2. The summed E-state index contributed by atoms with van der Waals surface area (Å²) in [5.74, 6) is -0.315. The van der Waals surface area contributed by atoms with Crippen molar-refractivity contribution in [2.75, 3.05) is 39.3 Å². The highest BCUT2D eigenvalue weighted by Crippen LogP contribution is 2.28. The zero-order chi connectivity index (χ0) is 30.7. The molecule has 3 heterocycles. The lowest BCUT2D eigenvalue weighted by atomic mass is 10.1. The fourth-order valence-electron chi connectivity index (χ4n) is 5.18. The summed E-state index contributed by atoms with van der Waals surface area (Å²) in [6.07, 6.45) is 2.96. The van der Waals surface area contributed by atoms with Gasteiger partial charge in [0, 0.05) is 62.7 Å². The first kappa shape index (κ1) is 31.3. The van der Waals surface area contributed by atoms with Crippen molar-refractivity contribution < 1.29 is 27.5 Å². The molecule has 43 heavy (non-hydrogen) atoms. The molecule has 2 fully saturated rings. The number of ether oxygens (including phenoxy) is 2. The average molecular weight is 652 g/mol. The quantitative estimate of drug-likeness (QED) is 0.318. The predicted octanol–water partition coefficient (Wildman–Crippen LogP) is 3.43. The van der Waals surface area contributed by atoms with E-state index < -0.39 is 33.6 Å². The highest BCUT2D eigenvalue weighted by molar-refractivity contribution is 7.89. The molecule has 1 amide bonds. The minimum Gasteiger partial charge on any atom is -0.490 e. The van der Waals surface area contributed by atoms with E-state index in [2.05, 4.69) is 15.2 Å². The van der Waals surface area contributed by atoms with Crippen molar-refractivity contribution in [3.05, 3.63) is 68.6 Å². The number of amides is 1. The van der Waals surface area contributed by atoms with E-state index in [4.69, 9.17) is 32.7 Å². The molecular formula is C29H32Cl2N4O7S. The van der Waals surface area contributed by atoms with Gasteiger partial charge in [0.05, 0.1) is 27.0 Å². The van der Waals surface area contributed by atoms with Crippen LogP contribution in [0.2, 0.25) is 10.0 Å². The third-order valence-electron chi connectivity index (χ3n) is 7.58. The molecule has 2 aliphatic rings. The van der Waals surface area contributed by atoms with Gasteiger partial charge in [0.25, 0.3) is 11.5 Å². The third kappa shape index (κ3) is 7.32. The lowest BCUT2D eigenvalue weighted by Crippen LogP contribution is -2.46. The number of piperidine rings is 1. The van der Waals surface area contributed by atoms with E-state index in [0.29, 0.717) is 53.9 Å². The molecular weight excluding hydrogens is 619 g/mol. The molecule has 2 N–H and O–H groups in total. The number of nitrogens with zero attached hydrogens (tertiary/aromatic N) is 2. The van der Waals surface area contributed by atoms with Gasteiger partial charge in [-0.25, -0.2) is 8.42 Å². The molecule has 0 spiro atoms. The van der Waals surface area contributed by atoms with Crippen molar-refractivity contribution in [2.45, 2.75) is 43.3 Å². The van der Waals surface area contributed by atoms with Gasteiger partial charge in [-0.2, -0.15) is 4.31 Å². The summed E-state index contributed by atoms with van der Waals surface area (Å²) in [5.41, 5.74) is -0.333. The second kappa shape index (κ2) is 13.2. The molecule has 14 heteroatoms. The number of sulfonamides is 1. The lowest BCUT2D eigenvalue weighted by molar-refractivity contribution is -0.147. The minimum absolute atomic E-state index is 0.00353. The van der Waals surface area contributed by atoms with E-state index in [1.165, 1.54) is 35.6 Å². The molecule has 2 aromatic carbocycles. The fraction of sp³-hybridized carbons (Fsp3) is 0.414. The molecule has 1 aromatic heterocycles. The van der Waals surface area contributed by atoms with Crippen LogP contribution in [0, 0.1) is 0 Å². The van der Waals surface area contributed by atoms with Crippen LogP contribution in [0.3, 0.4) is 0 Å². The number of halogens is 2. The van der Waals surface area contributed by atoms with Gasteiger partial charge in [-0.3, -0.25) is 19.3 Å². The number of aromatic nitrogens is 1. The first-order chi connectivity index (χ1) is 20.5. The molecule has 3 aromatic rings. The number of likely N-dealkylation sites (tertiary alicyclic amines) is 1. The Hall–Kier alpha value is -3.16. The molecule has 0 saturated carbocycles. The number of rotatable bonds is 10. The smallest absolute Gasteiger partial charge is 0.303 e. The van der Waals surface area contributed by atoms with Crippen molar-refractivity contribution in [3.63, 3.8) is 0 Å². The predicted molar refractivity (Wildman–Crippen MR) is 162 cm³/mol. The summed E-state index contributed by atoms with van der Waals surface area (Å²) in [6.45, 7) is 4.03. The second-order valence-electron chi connectivity index (χ2n) is 10.6. The zero-order valence-corrected chi connectivity index (χ0v) is 25.8. The Balaban J connectivity index is 1.21. The van der Waals surface area contributed by atoms with Crippen molar-refractivity contribution >= 4 is 55.9 Å². The maximum atomic E-state index is 13.2. The van der Waals surface area contributed by atoms with E-state index in [0.717, 1.165) is 19.3 Å². The average Bonchev–Trinajstić information content (AvgIpc) is 2.93. The standard InChI is InChI=1S/C29H32Cl2N4O7S/c1-18(36)41-21(17-34-11-7-19(8-12-34)42-20-3-6-26(30)27(31)13-20)15-32-29(38)25-16-33-28(37)24-14-22(4-5-23(24)25)43(39,40)35-9-2-10-35/h3-6,13-14,16,19,21H,2,7-12,15,17H2,1H3,(H,32,38)(H,33,37)/t21-/m1/s1. The zero-order valence-electron chi connectivity index (χ0n) is 23.5. The Bertz CT molecular complexity index is 1690. The van der Waals surface area contributed by atoms with Crippen molar-refractivity contribution in [2.24, 2.45) is 0 Å². The summed E-state index contributed by atoms with van der Waals surface area (Å²) < 4.78 is 38.5. The molecule has 0 bridgehead atoms. The molecule has 0 unspecified atom stereocenters. The summed E-state index contributed by atoms with van der Waals surface area (Å²) in [7, 11) is -3.70. The van der Waals surface area contributed by atoms with Crippen molar-refractivity contribution in [3.8, 4) is 5.75 Å².